The lowest BCUT2D eigenvalue weighted by Crippen LogP contribution is -2.46. The van der Waals surface area contributed by atoms with Gasteiger partial charge >= 0.3 is 18.0 Å². The van der Waals surface area contributed by atoms with Gasteiger partial charge in [0.25, 0.3) is 0 Å². The Morgan fingerprint density at radius 1 is 1.24 bits per heavy atom. The number of ether oxygens (including phenoxy) is 1. The van der Waals surface area contributed by atoms with Crippen molar-refractivity contribution in [3.05, 3.63) is 35.9 Å². The summed E-state index contributed by atoms with van der Waals surface area (Å²) in [4.78, 5) is 33.7. The van der Waals surface area contributed by atoms with Crippen LogP contribution in [0.5, 0.6) is 0 Å². The number of methoxy groups -OCH3 is 1. The lowest BCUT2D eigenvalue weighted by Gasteiger charge is -2.14. The van der Waals surface area contributed by atoms with Crippen molar-refractivity contribution < 1.29 is 24.2 Å². The number of hydrogen-bond acceptors (Lipinski definition) is 4. The highest BCUT2D eigenvalue weighted by Crippen LogP contribution is 2.00. The third-order valence-corrected chi connectivity index (χ3v) is 2.76. The maximum atomic E-state index is 11.6. The van der Waals surface area contributed by atoms with Crippen molar-refractivity contribution in [1.82, 2.24) is 10.6 Å². The molecule has 0 radical (unpaired) electrons. The predicted molar refractivity (Wildman–Crippen MR) is 74.5 cm³/mol. The number of aliphatic carboxylic acids is 1. The van der Waals surface area contributed by atoms with Gasteiger partial charge in [0.15, 0.2) is 0 Å². The monoisotopic (exact) mass is 294 g/mol. The van der Waals surface area contributed by atoms with Crippen LogP contribution in [-0.4, -0.2) is 36.2 Å². The van der Waals surface area contributed by atoms with E-state index in [0.717, 1.165) is 5.56 Å². The average Bonchev–Trinajstić information content (AvgIpc) is 2.49. The van der Waals surface area contributed by atoms with Crippen LogP contribution in [0.2, 0.25) is 0 Å². The second-order valence-corrected chi connectivity index (χ2v) is 4.32. The maximum Gasteiger partial charge on any atom is 0.326 e. The van der Waals surface area contributed by atoms with E-state index in [1.165, 1.54) is 7.11 Å². The lowest BCUT2D eigenvalue weighted by molar-refractivity contribution is -0.142. The summed E-state index contributed by atoms with van der Waals surface area (Å²) in [6.45, 7) is 0.288. The van der Waals surface area contributed by atoms with Crippen molar-refractivity contribution in [2.45, 2.75) is 25.4 Å². The van der Waals surface area contributed by atoms with Gasteiger partial charge in [-0.15, -0.1) is 0 Å². The number of hydrogen-bond donors (Lipinski definition) is 3. The molecular formula is C14H18N2O5. The van der Waals surface area contributed by atoms with Gasteiger partial charge in [-0.05, 0) is 12.0 Å². The van der Waals surface area contributed by atoms with Crippen LogP contribution in [0.4, 0.5) is 4.79 Å². The zero-order valence-electron chi connectivity index (χ0n) is 11.7. The van der Waals surface area contributed by atoms with Crippen LogP contribution in [0, 0.1) is 0 Å². The van der Waals surface area contributed by atoms with Crippen LogP contribution < -0.4 is 10.6 Å². The van der Waals surface area contributed by atoms with Gasteiger partial charge < -0.3 is 20.5 Å². The Morgan fingerprint density at radius 2 is 1.90 bits per heavy atom. The summed E-state index contributed by atoms with van der Waals surface area (Å²) in [6, 6.07) is 7.47. The standard InChI is InChI=1S/C14H18N2O5/c1-21-12(17)8-7-11(13(18)19)16-14(20)15-9-10-5-3-2-4-6-10/h2-6,11H,7-9H2,1H3,(H,18,19)(H2,15,16,20)/t11-/m1/s1. The summed E-state index contributed by atoms with van der Waals surface area (Å²) >= 11 is 0. The summed E-state index contributed by atoms with van der Waals surface area (Å²) in [5, 5.41) is 13.9. The zero-order chi connectivity index (χ0) is 15.7. The molecule has 0 saturated carbocycles. The van der Waals surface area contributed by atoms with E-state index in [4.69, 9.17) is 5.11 Å². The molecular weight excluding hydrogens is 276 g/mol. The minimum absolute atomic E-state index is 0.0270. The lowest BCUT2D eigenvalue weighted by atomic mass is 10.1. The number of carboxylic acids is 1. The Kier molecular flexibility index (Phi) is 6.73. The van der Waals surface area contributed by atoms with Crippen molar-refractivity contribution in [3.63, 3.8) is 0 Å². The molecule has 21 heavy (non-hydrogen) atoms. The number of rotatable bonds is 7. The highest BCUT2D eigenvalue weighted by Gasteiger charge is 2.21. The third kappa shape index (κ3) is 6.42. The third-order valence-electron chi connectivity index (χ3n) is 2.76. The fourth-order valence-corrected chi connectivity index (χ4v) is 1.61. The summed E-state index contributed by atoms with van der Waals surface area (Å²) in [5.41, 5.74) is 0.897. The first-order valence-electron chi connectivity index (χ1n) is 6.41. The Hall–Kier alpha value is -2.57. The van der Waals surface area contributed by atoms with Gasteiger partial charge in [-0.1, -0.05) is 30.3 Å². The maximum absolute atomic E-state index is 11.6. The van der Waals surface area contributed by atoms with E-state index in [-0.39, 0.29) is 19.4 Å². The zero-order valence-corrected chi connectivity index (χ0v) is 11.7. The Labute approximate surface area is 122 Å². The smallest absolute Gasteiger partial charge is 0.326 e. The molecule has 0 saturated heterocycles. The molecule has 1 aromatic rings. The van der Waals surface area contributed by atoms with Gasteiger partial charge in [0.2, 0.25) is 0 Å². The van der Waals surface area contributed by atoms with Crippen LogP contribution in [0.15, 0.2) is 30.3 Å². The average molecular weight is 294 g/mol. The van der Waals surface area contributed by atoms with Crippen LogP contribution in [0.3, 0.4) is 0 Å². The van der Waals surface area contributed by atoms with Gasteiger partial charge in [0.05, 0.1) is 7.11 Å². The minimum Gasteiger partial charge on any atom is -0.480 e. The quantitative estimate of drug-likeness (QED) is 0.648. The topological polar surface area (TPSA) is 105 Å². The number of benzene rings is 1. The van der Waals surface area contributed by atoms with Crippen molar-refractivity contribution >= 4 is 18.0 Å². The summed E-state index contributed by atoms with van der Waals surface area (Å²) in [5.74, 6) is -1.72. The summed E-state index contributed by atoms with van der Waals surface area (Å²) in [6.07, 6.45) is -0.104. The van der Waals surface area contributed by atoms with E-state index in [1.807, 2.05) is 30.3 Å². The SMILES string of the molecule is COC(=O)CC[C@@H](NC(=O)NCc1ccccc1)C(=O)O. The number of amides is 2. The molecule has 1 aromatic carbocycles. The molecule has 0 bridgehead atoms. The summed E-state index contributed by atoms with van der Waals surface area (Å²) in [7, 11) is 1.22. The normalized spacial score (nSPS) is 11.3. The number of urea groups is 1. The molecule has 1 rings (SSSR count). The first kappa shape index (κ1) is 16.5. The second-order valence-electron chi connectivity index (χ2n) is 4.32. The number of nitrogens with one attached hydrogen (secondary N) is 2. The van der Waals surface area contributed by atoms with Gasteiger partial charge in [-0.2, -0.15) is 0 Å². The molecule has 0 unspecified atom stereocenters. The fourth-order valence-electron chi connectivity index (χ4n) is 1.61. The van der Waals surface area contributed by atoms with E-state index in [9.17, 15) is 14.4 Å². The van der Waals surface area contributed by atoms with Crippen LogP contribution in [0.1, 0.15) is 18.4 Å². The van der Waals surface area contributed by atoms with Crippen LogP contribution in [0.25, 0.3) is 0 Å². The molecule has 0 spiro atoms. The molecule has 3 N–H and O–H groups in total. The number of carbonyl (C=O) groups excluding carboxylic acids is 2. The Balaban J connectivity index is 2.41. The fraction of sp³-hybridized carbons (Fsp3) is 0.357. The molecule has 114 valence electrons. The second kappa shape index (κ2) is 8.57. The Bertz CT molecular complexity index is 489. The molecule has 0 heterocycles. The highest BCUT2D eigenvalue weighted by molar-refractivity contribution is 5.83. The largest absolute Gasteiger partial charge is 0.480 e. The molecule has 1 atom stereocenters. The van der Waals surface area contributed by atoms with Crippen LogP contribution in [-0.2, 0) is 20.9 Å². The van der Waals surface area contributed by atoms with E-state index in [0.29, 0.717) is 0 Å². The first-order chi connectivity index (χ1) is 10.0. The predicted octanol–water partition coefficient (Wildman–Crippen LogP) is 0.892. The molecule has 7 heteroatoms. The molecule has 0 aliphatic rings. The molecule has 0 fully saturated rings. The Morgan fingerprint density at radius 3 is 2.48 bits per heavy atom. The van der Waals surface area contributed by atoms with Crippen molar-refractivity contribution in [2.24, 2.45) is 0 Å². The van der Waals surface area contributed by atoms with Gasteiger partial charge in [0.1, 0.15) is 6.04 Å². The number of esters is 1. The molecule has 0 aliphatic carbocycles. The van der Waals surface area contributed by atoms with Gasteiger partial charge in [0, 0.05) is 13.0 Å². The molecule has 0 aliphatic heterocycles. The first-order valence-corrected chi connectivity index (χ1v) is 6.41. The molecule has 7 nitrogen and oxygen atoms in total. The highest BCUT2D eigenvalue weighted by atomic mass is 16.5. The van der Waals surface area contributed by atoms with E-state index in [1.54, 1.807) is 0 Å². The number of carboxylic acid groups (broad SMARTS) is 1. The minimum atomic E-state index is -1.20. The van der Waals surface area contributed by atoms with Crippen molar-refractivity contribution in [2.75, 3.05) is 7.11 Å². The van der Waals surface area contributed by atoms with E-state index < -0.39 is 24.0 Å². The van der Waals surface area contributed by atoms with Gasteiger partial charge in [-0.3, -0.25) is 4.79 Å². The van der Waals surface area contributed by atoms with Crippen LogP contribution >= 0.6 is 0 Å². The van der Waals surface area contributed by atoms with Gasteiger partial charge in [-0.25, -0.2) is 9.59 Å². The number of carbonyl (C=O) groups is 3. The van der Waals surface area contributed by atoms with Crippen molar-refractivity contribution in [3.8, 4) is 0 Å². The summed E-state index contributed by atoms with van der Waals surface area (Å²) < 4.78 is 4.43. The molecule has 0 aromatic heterocycles. The van der Waals surface area contributed by atoms with Crippen molar-refractivity contribution in [1.29, 1.82) is 0 Å². The van der Waals surface area contributed by atoms with E-state index >= 15 is 0 Å². The van der Waals surface area contributed by atoms with E-state index in [2.05, 4.69) is 15.4 Å². The molecule has 2 amide bonds.